The predicted octanol–water partition coefficient (Wildman–Crippen LogP) is 3.91. The van der Waals surface area contributed by atoms with Crippen molar-refractivity contribution in [3.05, 3.63) is 59.5 Å². The first kappa shape index (κ1) is 24.8. The topological polar surface area (TPSA) is 110 Å². The number of carbonyl (C=O) groups is 1. The van der Waals surface area contributed by atoms with Crippen LogP contribution in [0.4, 0.5) is 0 Å². The molecule has 0 saturated carbocycles. The average molecular weight is 497 g/mol. The molecule has 1 aliphatic rings. The van der Waals surface area contributed by atoms with Crippen LogP contribution in [-0.4, -0.2) is 47.2 Å². The summed E-state index contributed by atoms with van der Waals surface area (Å²) in [7, 11) is 6.30. The molecule has 1 amide bonds. The predicted molar refractivity (Wildman–Crippen MR) is 131 cm³/mol. The molecule has 4 rings (SSSR count). The number of rotatable bonds is 10. The van der Waals surface area contributed by atoms with E-state index in [0.29, 0.717) is 40.3 Å². The summed E-state index contributed by atoms with van der Waals surface area (Å²) in [6.07, 6.45) is 4.10. The summed E-state index contributed by atoms with van der Waals surface area (Å²) in [5, 5.41) is 3.84. The van der Waals surface area contributed by atoms with Gasteiger partial charge in [-0.1, -0.05) is 0 Å². The van der Waals surface area contributed by atoms with E-state index in [1.54, 1.807) is 52.7 Å². The Hall–Kier alpha value is -4.34. The molecular formula is C26H28N2O8. The first-order valence-corrected chi connectivity index (χ1v) is 11.2. The lowest BCUT2D eigenvalue weighted by atomic mass is 9.96. The highest BCUT2D eigenvalue weighted by atomic mass is 16.5. The maximum absolute atomic E-state index is 12.1. The minimum absolute atomic E-state index is 0.242. The number of hydrogen-bond donors (Lipinski definition) is 1. The van der Waals surface area contributed by atoms with Gasteiger partial charge in [-0.15, -0.1) is 0 Å². The van der Waals surface area contributed by atoms with E-state index in [2.05, 4.69) is 10.5 Å². The summed E-state index contributed by atoms with van der Waals surface area (Å²) in [5.74, 6) is 3.39. The van der Waals surface area contributed by atoms with Crippen LogP contribution in [0.15, 0.2) is 52.2 Å². The van der Waals surface area contributed by atoms with E-state index in [4.69, 9.17) is 32.8 Å². The van der Waals surface area contributed by atoms with Gasteiger partial charge in [-0.3, -0.25) is 4.79 Å². The van der Waals surface area contributed by atoms with Gasteiger partial charge < -0.3 is 32.8 Å². The smallest absolute Gasteiger partial charge is 0.277 e. The second-order valence-corrected chi connectivity index (χ2v) is 7.80. The number of benzene rings is 2. The van der Waals surface area contributed by atoms with Crippen molar-refractivity contribution in [3.63, 3.8) is 0 Å². The molecule has 0 fully saturated rings. The first-order valence-electron chi connectivity index (χ1n) is 11.2. The first-order chi connectivity index (χ1) is 17.6. The molecule has 1 N–H and O–H groups in total. The van der Waals surface area contributed by atoms with E-state index >= 15 is 0 Å². The van der Waals surface area contributed by atoms with Gasteiger partial charge in [-0.05, 0) is 42.7 Å². The van der Waals surface area contributed by atoms with Crippen LogP contribution in [0.1, 0.15) is 29.4 Å². The van der Waals surface area contributed by atoms with Gasteiger partial charge in [-0.25, -0.2) is 5.43 Å². The Labute approximate surface area is 208 Å². The molecule has 10 heteroatoms. The molecule has 1 unspecified atom stereocenters. The lowest BCUT2D eigenvalue weighted by molar-refractivity contribution is -0.123. The number of hydrazone groups is 1. The quantitative estimate of drug-likeness (QED) is 0.332. The summed E-state index contributed by atoms with van der Waals surface area (Å²) in [6.45, 7) is -0.242. The Kier molecular flexibility index (Phi) is 7.84. The molecule has 190 valence electrons. The number of amides is 1. The summed E-state index contributed by atoms with van der Waals surface area (Å²) in [6, 6.07) is 10.7. The van der Waals surface area contributed by atoms with E-state index in [9.17, 15) is 4.79 Å². The SMILES string of the molecule is COc1cc(OCC(=O)N/N=C/c2ccco2)cc2c1CCC(c1cc(OC)c(OC)c(OC)c1)O2. The second-order valence-electron chi connectivity index (χ2n) is 7.80. The van der Waals surface area contributed by atoms with Gasteiger partial charge in [0.2, 0.25) is 5.75 Å². The van der Waals surface area contributed by atoms with Gasteiger partial charge >= 0.3 is 0 Å². The number of fused-ring (bicyclic) bond motifs is 1. The average Bonchev–Trinajstić information content (AvgIpc) is 3.43. The summed E-state index contributed by atoms with van der Waals surface area (Å²) < 4.78 is 39.1. The zero-order valence-corrected chi connectivity index (χ0v) is 20.5. The summed E-state index contributed by atoms with van der Waals surface area (Å²) in [4.78, 5) is 12.1. The zero-order valence-electron chi connectivity index (χ0n) is 20.5. The molecule has 10 nitrogen and oxygen atoms in total. The van der Waals surface area contributed by atoms with Crippen LogP contribution in [0.25, 0.3) is 0 Å². The maximum Gasteiger partial charge on any atom is 0.277 e. The van der Waals surface area contributed by atoms with Crippen LogP contribution >= 0.6 is 0 Å². The van der Waals surface area contributed by atoms with Gasteiger partial charge in [0.05, 0.1) is 40.9 Å². The minimum Gasteiger partial charge on any atom is -0.496 e. The van der Waals surface area contributed by atoms with Crippen LogP contribution in [0.2, 0.25) is 0 Å². The van der Waals surface area contributed by atoms with Gasteiger partial charge in [0, 0.05) is 17.7 Å². The van der Waals surface area contributed by atoms with Crippen LogP contribution < -0.4 is 33.8 Å². The van der Waals surface area contributed by atoms with Crippen molar-refractivity contribution in [1.82, 2.24) is 5.43 Å². The van der Waals surface area contributed by atoms with Gasteiger partial charge in [0.15, 0.2) is 18.1 Å². The van der Waals surface area contributed by atoms with Crippen molar-refractivity contribution < 1.29 is 37.6 Å². The van der Waals surface area contributed by atoms with Crippen molar-refractivity contribution in [2.75, 3.05) is 35.0 Å². The Balaban J connectivity index is 1.48. The number of carbonyl (C=O) groups excluding carboxylic acids is 1. The third-order valence-corrected chi connectivity index (χ3v) is 5.64. The third kappa shape index (κ3) is 5.48. The van der Waals surface area contributed by atoms with Gasteiger partial charge in [-0.2, -0.15) is 5.10 Å². The molecule has 0 spiro atoms. The maximum atomic E-state index is 12.1. The minimum atomic E-state index is -0.425. The fraction of sp³-hybridized carbons (Fsp3) is 0.308. The van der Waals surface area contributed by atoms with Crippen molar-refractivity contribution in [3.8, 4) is 34.5 Å². The third-order valence-electron chi connectivity index (χ3n) is 5.64. The van der Waals surface area contributed by atoms with Crippen molar-refractivity contribution in [2.24, 2.45) is 5.10 Å². The van der Waals surface area contributed by atoms with E-state index in [0.717, 1.165) is 24.0 Å². The van der Waals surface area contributed by atoms with Crippen molar-refractivity contribution >= 4 is 12.1 Å². The second kappa shape index (κ2) is 11.4. The van der Waals surface area contributed by atoms with Crippen molar-refractivity contribution in [1.29, 1.82) is 0 Å². The molecule has 3 aromatic rings. The normalized spacial score (nSPS) is 14.5. The number of nitrogens with one attached hydrogen (secondary N) is 1. The van der Waals surface area contributed by atoms with Crippen LogP contribution in [0, 0.1) is 0 Å². The molecule has 0 radical (unpaired) electrons. The van der Waals surface area contributed by atoms with Gasteiger partial charge in [0.25, 0.3) is 5.91 Å². The number of furan rings is 1. The Bertz CT molecular complexity index is 1200. The lowest BCUT2D eigenvalue weighted by Crippen LogP contribution is -2.24. The highest BCUT2D eigenvalue weighted by Gasteiger charge is 2.27. The molecule has 2 heterocycles. The summed E-state index contributed by atoms with van der Waals surface area (Å²) in [5.41, 5.74) is 4.21. The fourth-order valence-corrected chi connectivity index (χ4v) is 3.94. The molecule has 1 aliphatic heterocycles. The van der Waals surface area contributed by atoms with Gasteiger partial charge in [0.1, 0.15) is 29.1 Å². The highest BCUT2D eigenvalue weighted by molar-refractivity contribution is 5.81. The zero-order chi connectivity index (χ0) is 25.5. The van der Waals surface area contributed by atoms with Crippen molar-refractivity contribution in [2.45, 2.75) is 18.9 Å². The Morgan fingerprint density at radius 3 is 2.44 bits per heavy atom. The summed E-state index contributed by atoms with van der Waals surface area (Å²) >= 11 is 0. The van der Waals surface area contributed by atoms with E-state index in [1.165, 1.54) is 12.5 Å². The molecule has 1 aromatic heterocycles. The molecule has 36 heavy (non-hydrogen) atoms. The molecular weight excluding hydrogens is 468 g/mol. The number of nitrogens with zero attached hydrogens (tertiary/aromatic N) is 1. The lowest BCUT2D eigenvalue weighted by Gasteiger charge is -2.29. The standard InChI is InChI=1S/C26H28N2O8/c1-30-21-12-18(35-15-25(29)28-27-14-17-6-5-9-34-17)13-22-19(21)7-8-20(36-22)16-10-23(31-2)26(33-4)24(11-16)32-3/h5-6,9-14,20H,7-8,15H2,1-4H3,(H,28,29)/b27-14+. The number of hydrogen-bond acceptors (Lipinski definition) is 9. The van der Waals surface area contributed by atoms with E-state index in [-0.39, 0.29) is 12.7 Å². The Morgan fingerprint density at radius 2 is 1.81 bits per heavy atom. The molecule has 0 bridgehead atoms. The molecule has 1 atom stereocenters. The number of methoxy groups -OCH3 is 4. The fourth-order valence-electron chi connectivity index (χ4n) is 3.94. The van der Waals surface area contributed by atoms with E-state index in [1.807, 2.05) is 12.1 Å². The molecule has 0 aliphatic carbocycles. The van der Waals surface area contributed by atoms with Crippen LogP contribution in [0.3, 0.4) is 0 Å². The Morgan fingerprint density at radius 1 is 1.06 bits per heavy atom. The van der Waals surface area contributed by atoms with E-state index < -0.39 is 5.91 Å². The highest BCUT2D eigenvalue weighted by Crippen LogP contribution is 2.45. The van der Waals surface area contributed by atoms with Crippen LogP contribution in [-0.2, 0) is 11.2 Å². The number of ether oxygens (including phenoxy) is 6. The monoisotopic (exact) mass is 496 g/mol. The molecule has 2 aromatic carbocycles. The largest absolute Gasteiger partial charge is 0.496 e. The van der Waals surface area contributed by atoms with Crippen LogP contribution in [0.5, 0.6) is 34.5 Å². The molecule has 0 saturated heterocycles.